The molecule has 0 bridgehead atoms. The van der Waals surface area contributed by atoms with E-state index in [1.54, 1.807) is 0 Å². The monoisotopic (exact) mass is 303 g/mol. The van der Waals surface area contributed by atoms with Gasteiger partial charge in [0.25, 0.3) is 0 Å². The Morgan fingerprint density at radius 1 is 1.33 bits per heavy atom. The highest BCUT2D eigenvalue weighted by Gasteiger charge is 2.30. The van der Waals surface area contributed by atoms with Gasteiger partial charge in [0.05, 0.1) is 5.56 Å². The number of carbonyl (C=O) groups excluding carboxylic acids is 1. The minimum Gasteiger partial charge on any atom is -0.410 e. The molecule has 0 aliphatic rings. The number of carbonyl (C=O) groups is 1. The Bertz CT molecular complexity index is 558. The van der Waals surface area contributed by atoms with Crippen molar-refractivity contribution in [2.45, 2.75) is 6.18 Å². The molecule has 0 aliphatic carbocycles. The average molecular weight is 304 g/mol. The second-order valence-electron chi connectivity index (χ2n) is 2.96. The van der Waals surface area contributed by atoms with Crippen LogP contribution in [0.5, 0.6) is 5.75 Å². The van der Waals surface area contributed by atoms with Crippen LogP contribution in [0.15, 0.2) is 24.3 Å². The molecule has 0 aromatic heterocycles. The van der Waals surface area contributed by atoms with Crippen molar-refractivity contribution in [2.75, 3.05) is 0 Å². The van der Waals surface area contributed by atoms with Gasteiger partial charge < -0.3 is 4.74 Å². The van der Waals surface area contributed by atoms with Gasteiger partial charge in [0, 0.05) is 10.7 Å². The molecule has 100 valence electrons. The average Bonchev–Trinajstić information content (AvgIpc) is 2.13. The van der Waals surface area contributed by atoms with Crippen LogP contribution in [-0.2, 0) is 15.4 Å². The first-order chi connectivity index (χ1) is 8.08. The number of hydrogen-bond donors (Lipinski definition) is 1. The lowest BCUT2D eigenvalue weighted by molar-refractivity contribution is -0.137. The molecular weight excluding hydrogens is 299 g/mol. The fraction of sp³-hybridized carbons (Fsp3) is 0.125. The Balaban J connectivity index is 2.83. The van der Waals surface area contributed by atoms with Gasteiger partial charge in [-0.3, -0.25) is 0 Å². The minimum atomic E-state index is -4.60. The van der Waals surface area contributed by atoms with Crippen molar-refractivity contribution in [2.24, 2.45) is 0 Å². The molecule has 1 amide bonds. The fourth-order valence-electron chi connectivity index (χ4n) is 0.963. The minimum absolute atomic E-state index is 0.470. The number of amides is 1. The van der Waals surface area contributed by atoms with E-state index in [1.165, 1.54) is 4.72 Å². The van der Waals surface area contributed by atoms with E-state index in [4.69, 9.17) is 0 Å². The van der Waals surface area contributed by atoms with Gasteiger partial charge in [0.1, 0.15) is 5.75 Å². The molecule has 1 N–H and O–H groups in total. The fourth-order valence-corrected chi connectivity index (χ4v) is 1.39. The number of hydrogen-bond acceptors (Lipinski definition) is 4. The SMILES string of the molecule is O=C(NS(=O)(=O)Cl)Oc1cccc(C(F)(F)F)c1. The van der Waals surface area contributed by atoms with Gasteiger partial charge in [-0.25, -0.2) is 9.52 Å². The molecular formula is C8H5ClF3NO4S. The van der Waals surface area contributed by atoms with Crippen LogP contribution in [0, 0.1) is 0 Å². The summed E-state index contributed by atoms with van der Waals surface area (Å²) in [7, 11) is 0.322. The molecule has 0 atom stereocenters. The Morgan fingerprint density at radius 3 is 2.44 bits per heavy atom. The Kier molecular flexibility index (Phi) is 4.07. The molecule has 1 aromatic carbocycles. The van der Waals surface area contributed by atoms with Crippen molar-refractivity contribution in [3.05, 3.63) is 29.8 Å². The second-order valence-corrected chi connectivity index (χ2v) is 5.25. The molecule has 0 radical (unpaired) electrons. The second kappa shape index (κ2) is 5.02. The van der Waals surface area contributed by atoms with Gasteiger partial charge in [-0.1, -0.05) is 6.07 Å². The van der Waals surface area contributed by atoms with Crippen LogP contribution in [0.25, 0.3) is 0 Å². The van der Waals surface area contributed by atoms with E-state index in [1.807, 2.05) is 0 Å². The maximum absolute atomic E-state index is 12.3. The van der Waals surface area contributed by atoms with Crippen molar-refractivity contribution in [1.82, 2.24) is 4.72 Å². The van der Waals surface area contributed by atoms with Crippen LogP contribution in [0.2, 0.25) is 0 Å². The van der Waals surface area contributed by atoms with E-state index in [2.05, 4.69) is 15.4 Å². The predicted octanol–water partition coefficient (Wildman–Crippen LogP) is 2.28. The van der Waals surface area contributed by atoms with E-state index in [0.717, 1.165) is 18.2 Å². The van der Waals surface area contributed by atoms with Crippen LogP contribution in [0.4, 0.5) is 18.0 Å². The largest absolute Gasteiger partial charge is 0.427 e. The maximum atomic E-state index is 12.3. The summed E-state index contributed by atoms with van der Waals surface area (Å²) >= 11 is 0. The zero-order valence-electron chi connectivity index (χ0n) is 8.36. The van der Waals surface area contributed by atoms with Gasteiger partial charge in [0.2, 0.25) is 0 Å². The standard InChI is InChI=1S/C8H5ClF3NO4S/c9-18(15,16)13-7(14)17-6-3-1-2-5(4-6)8(10,11)12/h1-4H,(H,13,14). The van der Waals surface area contributed by atoms with Crippen LogP contribution in [0.3, 0.4) is 0 Å². The highest BCUT2D eigenvalue weighted by atomic mass is 35.7. The number of benzene rings is 1. The van der Waals surface area contributed by atoms with Gasteiger partial charge in [-0.05, 0) is 18.2 Å². The van der Waals surface area contributed by atoms with Gasteiger partial charge in [-0.2, -0.15) is 21.6 Å². The molecule has 0 spiro atoms. The lowest BCUT2D eigenvalue weighted by Crippen LogP contribution is -2.29. The normalized spacial score (nSPS) is 12.0. The van der Waals surface area contributed by atoms with E-state index >= 15 is 0 Å². The predicted molar refractivity (Wildman–Crippen MR) is 55.4 cm³/mol. The molecule has 0 aliphatic heterocycles. The Labute approximate surface area is 104 Å². The Hall–Kier alpha value is -1.48. The number of nitrogens with one attached hydrogen (secondary N) is 1. The summed E-state index contributed by atoms with van der Waals surface area (Å²) in [6.45, 7) is 0. The van der Waals surface area contributed by atoms with Gasteiger partial charge in [0.15, 0.2) is 0 Å². The smallest absolute Gasteiger partial charge is 0.410 e. The molecule has 0 heterocycles. The highest BCUT2D eigenvalue weighted by Crippen LogP contribution is 2.31. The molecule has 0 saturated heterocycles. The Morgan fingerprint density at radius 2 is 1.94 bits per heavy atom. The molecule has 10 heteroatoms. The van der Waals surface area contributed by atoms with Crippen molar-refractivity contribution in [3.63, 3.8) is 0 Å². The van der Waals surface area contributed by atoms with Crippen molar-refractivity contribution >= 4 is 26.0 Å². The number of ether oxygens (including phenoxy) is 1. The molecule has 0 saturated carbocycles. The van der Waals surface area contributed by atoms with Crippen molar-refractivity contribution < 1.29 is 31.1 Å². The summed E-state index contributed by atoms with van der Waals surface area (Å²) in [5.74, 6) is -0.470. The quantitative estimate of drug-likeness (QED) is 0.851. The first-order valence-electron chi connectivity index (χ1n) is 4.19. The lowest BCUT2D eigenvalue weighted by Gasteiger charge is -2.08. The maximum Gasteiger partial charge on any atom is 0.427 e. The van der Waals surface area contributed by atoms with Crippen LogP contribution in [0.1, 0.15) is 5.56 Å². The molecule has 0 fully saturated rings. The summed E-state index contributed by atoms with van der Waals surface area (Å²) in [5.41, 5.74) is -1.04. The van der Waals surface area contributed by atoms with Crippen molar-refractivity contribution in [3.8, 4) is 5.75 Å². The third-order valence-corrected chi connectivity index (χ3v) is 2.22. The zero-order valence-corrected chi connectivity index (χ0v) is 9.93. The van der Waals surface area contributed by atoms with E-state index < -0.39 is 32.8 Å². The lowest BCUT2D eigenvalue weighted by atomic mass is 10.2. The number of alkyl halides is 3. The molecule has 1 rings (SSSR count). The first-order valence-corrected chi connectivity index (χ1v) is 6.50. The van der Waals surface area contributed by atoms with Crippen LogP contribution in [-0.4, -0.2) is 14.5 Å². The van der Waals surface area contributed by atoms with Gasteiger partial charge in [-0.15, -0.1) is 0 Å². The summed E-state index contributed by atoms with van der Waals surface area (Å²) < 4.78 is 63.3. The third-order valence-electron chi connectivity index (χ3n) is 1.58. The van der Waals surface area contributed by atoms with Crippen LogP contribution >= 0.6 is 10.7 Å². The number of rotatable bonds is 2. The summed E-state index contributed by atoms with van der Waals surface area (Å²) in [4.78, 5) is 10.9. The summed E-state index contributed by atoms with van der Waals surface area (Å²) in [6, 6.07) is 3.36. The van der Waals surface area contributed by atoms with Crippen LogP contribution < -0.4 is 9.46 Å². The third kappa shape index (κ3) is 4.80. The molecule has 1 aromatic rings. The zero-order chi connectivity index (χ0) is 14.0. The van der Waals surface area contributed by atoms with E-state index in [-0.39, 0.29) is 0 Å². The number of halogens is 4. The van der Waals surface area contributed by atoms with E-state index in [9.17, 15) is 26.4 Å². The van der Waals surface area contributed by atoms with E-state index in [0.29, 0.717) is 6.07 Å². The topological polar surface area (TPSA) is 72.5 Å². The molecule has 5 nitrogen and oxygen atoms in total. The molecule has 18 heavy (non-hydrogen) atoms. The van der Waals surface area contributed by atoms with Gasteiger partial charge >= 0.3 is 21.5 Å². The summed E-state index contributed by atoms with van der Waals surface area (Å²) in [5, 5.41) is 0. The van der Waals surface area contributed by atoms with Crippen molar-refractivity contribution in [1.29, 1.82) is 0 Å². The highest BCUT2D eigenvalue weighted by molar-refractivity contribution is 8.12. The summed E-state index contributed by atoms with van der Waals surface area (Å²) in [6.07, 6.45) is -6.11. The molecule has 0 unspecified atom stereocenters. The first kappa shape index (κ1) is 14.6.